The number of piperidine rings is 1. The lowest BCUT2D eigenvalue weighted by Crippen LogP contribution is -2.44. The number of likely N-dealkylation sites (tertiary alicyclic amines) is 1. The van der Waals surface area contributed by atoms with Crippen molar-refractivity contribution in [1.82, 2.24) is 10.2 Å². The molecule has 25 heavy (non-hydrogen) atoms. The largest absolute Gasteiger partial charge is 0.337 e. The number of hydrogen-bond donors (Lipinski definition) is 1. The first-order valence-corrected chi connectivity index (χ1v) is 9.37. The van der Waals surface area contributed by atoms with Crippen molar-refractivity contribution in [1.29, 1.82) is 0 Å². The van der Waals surface area contributed by atoms with Gasteiger partial charge in [0.1, 0.15) is 0 Å². The maximum atomic E-state index is 13.4. The predicted molar refractivity (Wildman–Crippen MR) is 101 cm³/mol. The third-order valence-electron chi connectivity index (χ3n) is 5.78. The maximum absolute atomic E-state index is 13.4. The van der Waals surface area contributed by atoms with Gasteiger partial charge in [-0.15, -0.1) is 0 Å². The van der Waals surface area contributed by atoms with Crippen LogP contribution in [0.2, 0.25) is 5.02 Å². The van der Waals surface area contributed by atoms with Crippen LogP contribution in [0.5, 0.6) is 0 Å². The Morgan fingerprint density at radius 2 is 1.72 bits per heavy atom. The highest BCUT2D eigenvalue weighted by Gasteiger charge is 2.54. The molecule has 130 valence electrons. The summed E-state index contributed by atoms with van der Waals surface area (Å²) in [4.78, 5) is 15.5. The molecule has 2 fully saturated rings. The van der Waals surface area contributed by atoms with Crippen molar-refractivity contribution in [2.24, 2.45) is 5.41 Å². The van der Waals surface area contributed by atoms with E-state index in [9.17, 15) is 4.79 Å². The lowest BCUT2D eigenvalue weighted by molar-refractivity contribution is -0.138. The van der Waals surface area contributed by atoms with Crippen LogP contribution in [-0.4, -0.2) is 30.4 Å². The average molecular weight is 355 g/mol. The minimum Gasteiger partial charge on any atom is -0.337 e. The van der Waals surface area contributed by atoms with Crippen molar-refractivity contribution in [2.75, 3.05) is 19.6 Å². The summed E-state index contributed by atoms with van der Waals surface area (Å²) >= 11 is 6.52. The molecule has 3 nitrogen and oxygen atoms in total. The Balaban J connectivity index is 1.69. The number of nitrogens with one attached hydrogen (secondary N) is 1. The summed E-state index contributed by atoms with van der Waals surface area (Å²) in [7, 11) is 0. The molecule has 4 heteroatoms. The monoisotopic (exact) mass is 354 g/mol. The van der Waals surface area contributed by atoms with Gasteiger partial charge in [-0.05, 0) is 43.1 Å². The second-order valence-electron chi connectivity index (χ2n) is 7.15. The molecule has 1 unspecified atom stereocenters. The second-order valence-corrected chi connectivity index (χ2v) is 7.56. The molecule has 2 aliphatic heterocycles. The zero-order valence-corrected chi connectivity index (χ0v) is 15.0. The topological polar surface area (TPSA) is 32.3 Å². The Kier molecular flexibility index (Phi) is 4.53. The Morgan fingerprint density at radius 1 is 1.04 bits per heavy atom. The third kappa shape index (κ3) is 2.96. The lowest BCUT2D eigenvalue weighted by atomic mass is 9.68. The number of carbonyl (C=O) groups is 1. The maximum Gasteiger partial charge on any atom is 0.229 e. The van der Waals surface area contributed by atoms with Gasteiger partial charge in [0, 0.05) is 24.0 Å². The van der Waals surface area contributed by atoms with Gasteiger partial charge in [0.15, 0.2) is 0 Å². The summed E-state index contributed by atoms with van der Waals surface area (Å²) in [6, 6.07) is 18.3. The van der Waals surface area contributed by atoms with Gasteiger partial charge in [0.2, 0.25) is 5.91 Å². The van der Waals surface area contributed by atoms with E-state index >= 15 is 0 Å². The molecule has 2 saturated heterocycles. The molecule has 2 heterocycles. The second kappa shape index (κ2) is 6.81. The highest BCUT2D eigenvalue weighted by molar-refractivity contribution is 6.31. The molecule has 1 spiro atoms. The molecule has 1 N–H and O–H groups in total. The molecule has 2 aromatic carbocycles. The van der Waals surface area contributed by atoms with E-state index in [1.807, 2.05) is 41.3 Å². The molecule has 2 aromatic rings. The smallest absolute Gasteiger partial charge is 0.229 e. The van der Waals surface area contributed by atoms with E-state index in [0.717, 1.165) is 43.1 Å². The van der Waals surface area contributed by atoms with Crippen LogP contribution in [0.4, 0.5) is 0 Å². The summed E-state index contributed by atoms with van der Waals surface area (Å²) in [5.74, 6) is 0.460. The average Bonchev–Trinajstić information content (AvgIpc) is 2.90. The van der Waals surface area contributed by atoms with Crippen molar-refractivity contribution < 1.29 is 4.79 Å². The van der Waals surface area contributed by atoms with Gasteiger partial charge >= 0.3 is 0 Å². The Bertz CT molecular complexity index is 756. The van der Waals surface area contributed by atoms with Crippen LogP contribution >= 0.6 is 11.6 Å². The van der Waals surface area contributed by atoms with E-state index in [-0.39, 0.29) is 11.3 Å². The first-order valence-electron chi connectivity index (χ1n) is 8.99. The van der Waals surface area contributed by atoms with Gasteiger partial charge in [-0.1, -0.05) is 60.1 Å². The molecule has 1 amide bonds. The number of rotatable bonds is 3. The molecule has 0 aromatic heterocycles. The van der Waals surface area contributed by atoms with Crippen LogP contribution in [0.1, 0.15) is 29.9 Å². The molecule has 2 aliphatic rings. The van der Waals surface area contributed by atoms with Crippen LogP contribution in [0.3, 0.4) is 0 Å². The van der Waals surface area contributed by atoms with Gasteiger partial charge in [-0.25, -0.2) is 0 Å². The van der Waals surface area contributed by atoms with Crippen LogP contribution in [0, 0.1) is 5.41 Å². The molecule has 0 radical (unpaired) electrons. The SMILES string of the molecule is O=C1N(Cc2ccccc2)CC(c2ccccc2Cl)C12CCNCC2. The highest BCUT2D eigenvalue weighted by Crippen LogP contribution is 2.51. The van der Waals surface area contributed by atoms with E-state index in [2.05, 4.69) is 23.5 Å². The number of carbonyl (C=O) groups excluding carboxylic acids is 1. The summed E-state index contributed by atoms with van der Waals surface area (Å²) in [5.41, 5.74) is 1.99. The highest BCUT2D eigenvalue weighted by atomic mass is 35.5. The minimum absolute atomic E-state index is 0.166. The van der Waals surface area contributed by atoms with Crippen molar-refractivity contribution in [3.8, 4) is 0 Å². The Labute approximate surface area is 154 Å². The number of halogens is 1. The number of nitrogens with zero attached hydrogens (tertiary/aromatic N) is 1. The minimum atomic E-state index is -0.314. The summed E-state index contributed by atoms with van der Waals surface area (Å²) in [6.07, 6.45) is 1.76. The fourth-order valence-corrected chi connectivity index (χ4v) is 4.74. The van der Waals surface area contributed by atoms with E-state index in [4.69, 9.17) is 11.6 Å². The van der Waals surface area contributed by atoms with Gasteiger partial charge < -0.3 is 10.2 Å². The van der Waals surface area contributed by atoms with Crippen molar-refractivity contribution in [2.45, 2.75) is 25.3 Å². The molecule has 4 rings (SSSR count). The molecule has 1 atom stereocenters. The van der Waals surface area contributed by atoms with Gasteiger partial charge in [0.25, 0.3) is 0 Å². The zero-order valence-electron chi connectivity index (χ0n) is 14.2. The molecular weight excluding hydrogens is 332 g/mol. The van der Waals surface area contributed by atoms with Gasteiger partial charge in [-0.2, -0.15) is 0 Å². The fourth-order valence-electron chi connectivity index (χ4n) is 4.47. The summed E-state index contributed by atoms with van der Waals surface area (Å²) in [6.45, 7) is 3.21. The predicted octanol–water partition coefficient (Wildman–Crippen LogP) is 3.84. The summed E-state index contributed by atoms with van der Waals surface area (Å²) < 4.78 is 0. The van der Waals surface area contributed by atoms with Crippen molar-refractivity contribution >= 4 is 17.5 Å². The standard InChI is InChI=1S/C21H23ClN2O/c22-19-9-5-4-8-17(19)18-15-24(14-16-6-2-1-3-7-16)20(25)21(18)10-12-23-13-11-21/h1-9,18,23H,10-15H2. The quantitative estimate of drug-likeness (QED) is 0.908. The Hall–Kier alpha value is -1.84. The van der Waals surface area contributed by atoms with E-state index in [0.29, 0.717) is 12.5 Å². The third-order valence-corrected chi connectivity index (χ3v) is 6.12. The van der Waals surface area contributed by atoms with Crippen LogP contribution < -0.4 is 5.32 Å². The van der Waals surface area contributed by atoms with Crippen LogP contribution in [0.15, 0.2) is 54.6 Å². The number of benzene rings is 2. The normalized spacial score (nSPS) is 22.5. The Morgan fingerprint density at radius 3 is 2.44 bits per heavy atom. The van der Waals surface area contributed by atoms with E-state index in [1.54, 1.807) is 0 Å². The first kappa shape index (κ1) is 16.6. The van der Waals surface area contributed by atoms with Gasteiger partial charge in [-0.3, -0.25) is 4.79 Å². The van der Waals surface area contributed by atoms with Crippen molar-refractivity contribution in [3.63, 3.8) is 0 Å². The molecule has 0 saturated carbocycles. The number of amides is 1. The van der Waals surface area contributed by atoms with Crippen molar-refractivity contribution in [3.05, 3.63) is 70.7 Å². The molecular formula is C21H23ClN2O. The first-order chi connectivity index (χ1) is 12.2. The lowest BCUT2D eigenvalue weighted by Gasteiger charge is -2.37. The van der Waals surface area contributed by atoms with E-state index in [1.165, 1.54) is 5.56 Å². The molecule has 0 aliphatic carbocycles. The number of hydrogen-bond acceptors (Lipinski definition) is 2. The van der Waals surface area contributed by atoms with Crippen LogP contribution in [-0.2, 0) is 11.3 Å². The fraction of sp³-hybridized carbons (Fsp3) is 0.381. The van der Waals surface area contributed by atoms with Gasteiger partial charge in [0.05, 0.1) is 5.41 Å². The summed E-state index contributed by atoms with van der Waals surface area (Å²) in [5, 5.41) is 4.18. The zero-order chi connectivity index (χ0) is 17.3. The molecule has 0 bridgehead atoms. The van der Waals surface area contributed by atoms with E-state index < -0.39 is 0 Å². The van der Waals surface area contributed by atoms with Crippen LogP contribution in [0.25, 0.3) is 0 Å².